The van der Waals surface area contributed by atoms with Gasteiger partial charge >= 0.3 is 0 Å². The quantitative estimate of drug-likeness (QED) is 0.740. The van der Waals surface area contributed by atoms with E-state index in [1.807, 2.05) is 13.0 Å². The van der Waals surface area contributed by atoms with Crippen LogP contribution in [0.15, 0.2) is 18.2 Å². The predicted molar refractivity (Wildman–Crippen MR) is 58.4 cm³/mol. The van der Waals surface area contributed by atoms with E-state index in [0.717, 1.165) is 0 Å². The molecule has 0 aliphatic heterocycles. The molecular weight excluding hydrogens is 214 g/mol. The standard InChI is InChI=1S/C11H12ClNO2/c1-3-15-10-5-4-8(9(12)7-13)6-11(10)14-2/h4-6,9H,3H2,1-2H3/t9-/m1/s1. The number of hydrogen-bond acceptors (Lipinski definition) is 3. The Labute approximate surface area is 94.2 Å². The van der Waals surface area contributed by atoms with Crippen LogP contribution in [-0.4, -0.2) is 13.7 Å². The summed E-state index contributed by atoms with van der Waals surface area (Å²) in [6, 6.07) is 7.18. The van der Waals surface area contributed by atoms with Gasteiger partial charge in [0.15, 0.2) is 11.5 Å². The summed E-state index contributed by atoms with van der Waals surface area (Å²) in [5.41, 5.74) is 0.708. The lowest BCUT2D eigenvalue weighted by molar-refractivity contribution is 0.310. The fraction of sp³-hybridized carbons (Fsp3) is 0.364. The summed E-state index contributed by atoms with van der Waals surface area (Å²) in [5, 5.41) is 8.01. The highest BCUT2D eigenvalue weighted by Crippen LogP contribution is 2.31. The van der Waals surface area contributed by atoms with Crippen molar-refractivity contribution >= 4 is 11.6 Å². The van der Waals surface area contributed by atoms with Crippen LogP contribution in [0.3, 0.4) is 0 Å². The Morgan fingerprint density at radius 2 is 2.20 bits per heavy atom. The number of rotatable bonds is 4. The first-order valence-corrected chi connectivity index (χ1v) is 5.01. The summed E-state index contributed by atoms with van der Waals surface area (Å²) >= 11 is 5.79. The predicted octanol–water partition coefficient (Wildman–Crippen LogP) is 2.90. The van der Waals surface area contributed by atoms with Crippen LogP contribution in [0, 0.1) is 11.3 Å². The van der Waals surface area contributed by atoms with Gasteiger partial charge in [-0.05, 0) is 24.6 Å². The van der Waals surface area contributed by atoms with Crippen LogP contribution in [-0.2, 0) is 0 Å². The van der Waals surface area contributed by atoms with E-state index < -0.39 is 5.38 Å². The van der Waals surface area contributed by atoms with Crippen molar-refractivity contribution in [2.75, 3.05) is 13.7 Å². The van der Waals surface area contributed by atoms with Gasteiger partial charge in [0.05, 0.1) is 19.8 Å². The zero-order valence-electron chi connectivity index (χ0n) is 8.66. The van der Waals surface area contributed by atoms with Crippen LogP contribution >= 0.6 is 11.6 Å². The van der Waals surface area contributed by atoms with Crippen LogP contribution < -0.4 is 9.47 Å². The van der Waals surface area contributed by atoms with Gasteiger partial charge in [0, 0.05) is 0 Å². The van der Waals surface area contributed by atoms with E-state index in [1.54, 1.807) is 25.3 Å². The molecule has 0 saturated heterocycles. The number of nitriles is 1. The van der Waals surface area contributed by atoms with Crippen molar-refractivity contribution in [2.45, 2.75) is 12.3 Å². The fourth-order valence-electron chi connectivity index (χ4n) is 1.19. The summed E-state index contributed by atoms with van der Waals surface area (Å²) in [4.78, 5) is 0. The number of halogens is 1. The van der Waals surface area contributed by atoms with Crippen molar-refractivity contribution in [3.63, 3.8) is 0 Å². The maximum atomic E-state index is 8.67. The molecule has 1 aromatic carbocycles. The van der Waals surface area contributed by atoms with Crippen molar-refractivity contribution in [3.8, 4) is 17.6 Å². The summed E-state index contributed by atoms with van der Waals surface area (Å²) in [6.07, 6.45) is 0. The number of nitrogens with zero attached hydrogens (tertiary/aromatic N) is 1. The molecule has 0 amide bonds. The molecule has 0 spiro atoms. The van der Waals surface area contributed by atoms with Gasteiger partial charge in [-0.15, -0.1) is 11.6 Å². The first-order chi connectivity index (χ1) is 7.22. The Balaban J connectivity index is 3.03. The second-order valence-electron chi connectivity index (χ2n) is 2.83. The second-order valence-corrected chi connectivity index (χ2v) is 3.27. The van der Waals surface area contributed by atoms with E-state index in [0.29, 0.717) is 23.7 Å². The number of methoxy groups -OCH3 is 1. The number of benzene rings is 1. The second kappa shape index (κ2) is 5.47. The summed E-state index contributed by atoms with van der Waals surface area (Å²) in [6.45, 7) is 2.46. The average Bonchev–Trinajstić information content (AvgIpc) is 2.29. The SMILES string of the molecule is CCOc1ccc([C@H](Cl)C#N)cc1OC. The van der Waals surface area contributed by atoms with Gasteiger partial charge in [0.1, 0.15) is 5.38 Å². The minimum absolute atomic E-state index is 0.568. The van der Waals surface area contributed by atoms with Crippen LogP contribution in [0.25, 0.3) is 0 Å². The molecular formula is C11H12ClNO2. The highest BCUT2D eigenvalue weighted by molar-refractivity contribution is 6.22. The van der Waals surface area contributed by atoms with Crippen molar-refractivity contribution in [3.05, 3.63) is 23.8 Å². The molecule has 1 aromatic rings. The Morgan fingerprint density at radius 1 is 1.47 bits per heavy atom. The molecule has 0 bridgehead atoms. The Bertz CT molecular complexity index is 373. The smallest absolute Gasteiger partial charge is 0.161 e. The maximum Gasteiger partial charge on any atom is 0.161 e. The fourth-order valence-corrected chi connectivity index (χ4v) is 1.33. The first-order valence-electron chi connectivity index (χ1n) is 4.57. The number of ether oxygens (including phenoxy) is 2. The van der Waals surface area contributed by atoms with Crippen LogP contribution in [0.5, 0.6) is 11.5 Å². The lowest BCUT2D eigenvalue weighted by atomic mass is 10.1. The van der Waals surface area contributed by atoms with E-state index >= 15 is 0 Å². The van der Waals surface area contributed by atoms with E-state index in [-0.39, 0.29) is 0 Å². The molecule has 0 radical (unpaired) electrons. The van der Waals surface area contributed by atoms with Gasteiger partial charge < -0.3 is 9.47 Å². The Morgan fingerprint density at radius 3 is 2.73 bits per heavy atom. The molecule has 4 heteroatoms. The van der Waals surface area contributed by atoms with Crippen LogP contribution in [0.4, 0.5) is 0 Å². The number of hydrogen-bond donors (Lipinski definition) is 0. The van der Waals surface area contributed by atoms with Gasteiger partial charge in [0.25, 0.3) is 0 Å². The minimum atomic E-state index is -0.658. The maximum absolute atomic E-state index is 8.67. The van der Waals surface area contributed by atoms with E-state index in [4.69, 9.17) is 26.3 Å². The highest BCUT2D eigenvalue weighted by Gasteiger charge is 2.10. The van der Waals surface area contributed by atoms with Crippen molar-refractivity contribution in [1.82, 2.24) is 0 Å². The molecule has 15 heavy (non-hydrogen) atoms. The van der Waals surface area contributed by atoms with Gasteiger partial charge in [-0.1, -0.05) is 6.07 Å². The lowest BCUT2D eigenvalue weighted by Gasteiger charge is -2.10. The van der Waals surface area contributed by atoms with Gasteiger partial charge in [-0.2, -0.15) is 5.26 Å². The highest BCUT2D eigenvalue weighted by atomic mass is 35.5. The molecule has 0 N–H and O–H groups in total. The summed E-state index contributed by atoms with van der Waals surface area (Å²) in [5.74, 6) is 1.25. The first kappa shape index (κ1) is 11.7. The summed E-state index contributed by atoms with van der Waals surface area (Å²) < 4.78 is 10.5. The molecule has 0 fully saturated rings. The zero-order valence-corrected chi connectivity index (χ0v) is 9.41. The molecule has 3 nitrogen and oxygen atoms in total. The van der Waals surface area contributed by atoms with Crippen molar-refractivity contribution in [1.29, 1.82) is 5.26 Å². The van der Waals surface area contributed by atoms with E-state index in [1.165, 1.54) is 0 Å². The minimum Gasteiger partial charge on any atom is -0.493 e. The third kappa shape index (κ3) is 2.77. The van der Waals surface area contributed by atoms with Gasteiger partial charge in [-0.3, -0.25) is 0 Å². The molecule has 80 valence electrons. The largest absolute Gasteiger partial charge is 0.493 e. The monoisotopic (exact) mass is 225 g/mol. The molecule has 0 saturated carbocycles. The third-order valence-corrected chi connectivity index (χ3v) is 2.24. The topological polar surface area (TPSA) is 42.2 Å². The van der Waals surface area contributed by atoms with Gasteiger partial charge in [-0.25, -0.2) is 0 Å². The summed E-state index contributed by atoms with van der Waals surface area (Å²) in [7, 11) is 1.55. The zero-order chi connectivity index (χ0) is 11.3. The van der Waals surface area contributed by atoms with E-state index in [2.05, 4.69) is 0 Å². The van der Waals surface area contributed by atoms with Crippen molar-refractivity contribution in [2.24, 2.45) is 0 Å². The molecule has 0 unspecified atom stereocenters. The average molecular weight is 226 g/mol. The molecule has 0 aliphatic carbocycles. The third-order valence-electron chi connectivity index (χ3n) is 1.89. The van der Waals surface area contributed by atoms with E-state index in [9.17, 15) is 0 Å². The molecule has 0 aliphatic rings. The normalized spacial score (nSPS) is 11.6. The molecule has 0 heterocycles. The van der Waals surface area contributed by atoms with Gasteiger partial charge in [0.2, 0.25) is 0 Å². The van der Waals surface area contributed by atoms with Crippen LogP contribution in [0.2, 0.25) is 0 Å². The lowest BCUT2D eigenvalue weighted by Crippen LogP contribution is -1.96. The van der Waals surface area contributed by atoms with Crippen LogP contribution in [0.1, 0.15) is 17.9 Å². The molecule has 1 atom stereocenters. The Hall–Kier alpha value is -1.40. The Kier molecular flexibility index (Phi) is 4.26. The molecule has 0 aromatic heterocycles. The number of alkyl halides is 1. The molecule has 1 rings (SSSR count). The van der Waals surface area contributed by atoms with Crippen molar-refractivity contribution < 1.29 is 9.47 Å².